The second kappa shape index (κ2) is 6.16. The minimum Gasteiger partial charge on any atom is -0.492 e. The summed E-state index contributed by atoms with van der Waals surface area (Å²) in [4.78, 5) is 0. The van der Waals surface area contributed by atoms with Crippen molar-refractivity contribution in [3.05, 3.63) is 48.0 Å². The molecule has 1 heterocycles. The van der Waals surface area contributed by atoms with Gasteiger partial charge in [0, 0.05) is 25.0 Å². The molecule has 1 aromatic carbocycles. The van der Waals surface area contributed by atoms with E-state index in [1.165, 1.54) is 12.1 Å². The number of rotatable bonds is 6. The van der Waals surface area contributed by atoms with Crippen LogP contribution in [0.3, 0.4) is 0 Å². The van der Waals surface area contributed by atoms with Crippen LogP contribution >= 0.6 is 0 Å². The van der Waals surface area contributed by atoms with Crippen LogP contribution in [0.15, 0.2) is 36.7 Å². The van der Waals surface area contributed by atoms with E-state index in [1.54, 1.807) is 10.9 Å². The maximum absolute atomic E-state index is 13.3. The van der Waals surface area contributed by atoms with Crippen LogP contribution in [0, 0.1) is 5.82 Å². The van der Waals surface area contributed by atoms with E-state index < -0.39 is 0 Å². The molecule has 0 spiro atoms. The van der Waals surface area contributed by atoms with Crippen molar-refractivity contribution in [2.45, 2.75) is 13.1 Å². The minimum absolute atomic E-state index is 0.281. The molecule has 4 nitrogen and oxygen atoms in total. The Kier molecular flexibility index (Phi) is 4.30. The Morgan fingerprint density at radius 2 is 2.28 bits per heavy atom. The molecule has 0 unspecified atom stereocenters. The Labute approximate surface area is 105 Å². The minimum atomic E-state index is -0.281. The van der Waals surface area contributed by atoms with Crippen molar-refractivity contribution in [3.8, 4) is 5.75 Å². The fourth-order valence-electron chi connectivity index (χ4n) is 1.70. The zero-order chi connectivity index (χ0) is 12.8. The number of halogens is 1. The van der Waals surface area contributed by atoms with Gasteiger partial charge in [0.25, 0.3) is 0 Å². The van der Waals surface area contributed by atoms with Crippen molar-refractivity contribution in [1.29, 1.82) is 0 Å². The number of ether oxygens (including phenoxy) is 1. The Hall–Kier alpha value is -1.88. The summed E-state index contributed by atoms with van der Waals surface area (Å²) in [7, 11) is 1.82. The van der Waals surface area contributed by atoms with Crippen molar-refractivity contribution >= 4 is 0 Å². The molecule has 0 fully saturated rings. The molecule has 0 aliphatic heterocycles. The van der Waals surface area contributed by atoms with E-state index >= 15 is 0 Å². The van der Waals surface area contributed by atoms with Crippen LogP contribution < -0.4 is 10.1 Å². The zero-order valence-electron chi connectivity index (χ0n) is 10.3. The fraction of sp³-hybridized carbons (Fsp3) is 0.308. The number of aromatic nitrogens is 2. The van der Waals surface area contributed by atoms with Gasteiger partial charge in [-0.2, -0.15) is 5.10 Å². The summed E-state index contributed by atoms with van der Waals surface area (Å²) >= 11 is 0. The highest BCUT2D eigenvalue weighted by Crippen LogP contribution is 2.16. The molecule has 1 N–H and O–H groups in total. The SMILES string of the molecule is CNCc1cc(F)cc(OCCn2cccn2)c1. The van der Waals surface area contributed by atoms with E-state index in [-0.39, 0.29) is 5.82 Å². The predicted octanol–water partition coefficient (Wildman–Crippen LogP) is 1.82. The van der Waals surface area contributed by atoms with E-state index in [2.05, 4.69) is 10.4 Å². The van der Waals surface area contributed by atoms with E-state index in [9.17, 15) is 4.39 Å². The van der Waals surface area contributed by atoms with Crippen molar-refractivity contribution < 1.29 is 9.13 Å². The van der Waals surface area contributed by atoms with Gasteiger partial charge in [0.1, 0.15) is 18.2 Å². The maximum atomic E-state index is 13.3. The second-order valence-electron chi connectivity index (χ2n) is 3.94. The molecule has 0 aliphatic carbocycles. The largest absolute Gasteiger partial charge is 0.492 e. The van der Waals surface area contributed by atoms with Crippen molar-refractivity contribution in [2.24, 2.45) is 0 Å². The molecule has 0 saturated heterocycles. The lowest BCUT2D eigenvalue weighted by atomic mass is 10.2. The zero-order valence-corrected chi connectivity index (χ0v) is 10.3. The van der Waals surface area contributed by atoms with Crippen LogP contribution in [-0.2, 0) is 13.1 Å². The molecule has 0 amide bonds. The molecule has 0 bridgehead atoms. The molecule has 5 heteroatoms. The monoisotopic (exact) mass is 249 g/mol. The summed E-state index contributed by atoms with van der Waals surface area (Å²) in [6.45, 7) is 1.72. The lowest BCUT2D eigenvalue weighted by molar-refractivity contribution is 0.289. The quantitative estimate of drug-likeness (QED) is 0.848. The van der Waals surface area contributed by atoms with E-state index in [1.807, 2.05) is 25.4 Å². The summed E-state index contributed by atoms with van der Waals surface area (Å²) in [5.41, 5.74) is 0.867. The van der Waals surface area contributed by atoms with Gasteiger partial charge in [-0.25, -0.2) is 4.39 Å². The Morgan fingerprint density at radius 1 is 1.39 bits per heavy atom. The molecule has 0 aliphatic rings. The third kappa shape index (κ3) is 3.56. The van der Waals surface area contributed by atoms with E-state index in [4.69, 9.17) is 4.74 Å². The Morgan fingerprint density at radius 3 is 3.00 bits per heavy atom. The average Bonchev–Trinajstić information content (AvgIpc) is 2.82. The van der Waals surface area contributed by atoms with Crippen LogP contribution in [0.2, 0.25) is 0 Å². The average molecular weight is 249 g/mol. The predicted molar refractivity (Wildman–Crippen MR) is 66.9 cm³/mol. The first kappa shape index (κ1) is 12.6. The first-order valence-corrected chi connectivity index (χ1v) is 5.82. The first-order valence-electron chi connectivity index (χ1n) is 5.82. The molecular weight excluding hydrogens is 233 g/mol. The van der Waals surface area contributed by atoms with Gasteiger partial charge in [0.2, 0.25) is 0 Å². The fourth-order valence-corrected chi connectivity index (χ4v) is 1.70. The summed E-state index contributed by atoms with van der Waals surface area (Å²) in [5.74, 6) is 0.268. The molecule has 18 heavy (non-hydrogen) atoms. The van der Waals surface area contributed by atoms with Crippen LogP contribution in [0.5, 0.6) is 5.75 Å². The van der Waals surface area contributed by atoms with Crippen LogP contribution in [-0.4, -0.2) is 23.4 Å². The van der Waals surface area contributed by atoms with Gasteiger partial charge >= 0.3 is 0 Å². The number of nitrogens with one attached hydrogen (secondary N) is 1. The third-order valence-electron chi connectivity index (χ3n) is 2.46. The normalized spacial score (nSPS) is 10.6. The molecule has 1 aromatic heterocycles. The molecule has 2 rings (SSSR count). The van der Waals surface area contributed by atoms with Crippen LogP contribution in [0.4, 0.5) is 4.39 Å². The van der Waals surface area contributed by atoms with Crippen molar-refractivity contribution in [1.82, 2.24) is 15.1 Å². The highest BCUT2D eigenvalue weighted by molar-refractivity contribution is 5.29. The molecular formula is C13H16FN3O. The summed E-state index contributed by atoms with van der Waals surface area (Å²) < 4.78 is 20.6. The van der Waals surface area contributed by atoms with Gasteiger partial charge in [-0.1, -0.05) is 0 Å². The number of nitrogens with zero attached hydrogens (tertiary/aromatic N) is 2. The number of hydrogen-bond acceptors (Lipinski definition) is 3. The second-order valence-corrected chi connectivity index (χ2v) is 3.94. The molecule has 0 saturated carbocycles. The van der Waals surface area contributed by atoms with Gasteiger partial charge < -0.3 is 10.1 Å². The third-order valence-corrected chi connectivity index (χ3v) is 2.46. The van der Waals surface area contributed by atoms with E-state index in [0.29, 0.717) is 25.4 Å². The lowest BCUT2D eigenvalue weighted by Gasteiger charge is -2.08. The van der Waals surface area contributed by atoms with Gasteiger partial charge in [0.05, 0.1) is 6.54 Å². The maximum Gasteiger partial charge on any atom is 0.127 e. The lowest BCUT2D eigenvalue weighted by Crippen LogP contribution is -2.09. The van der Waals surface area contributed by atoms with E-state index in [0.717, 1.165) is 5.56 Å². The highest BCUT2D eigenvalue weighted by Gasteiger charge is 2.01. The molecule has 0 atom stereocenters. The van der Waals surface area contributed by atoms with Crippen LogP contribution in [0.1, 0.15) is 5.56 Å². The standard InChI is InChI=1S/C13H16FN3O/c1-15-10-11-7-12(14)9-13(8-11)18-6-5-17-4-2-3-16-17/h2-4,7-9,15H,5-6,10H2,1H3. The van der Waals surface area contributed by atoms with Gasteiger partial charge in [-0.3, -0.25) is 4.68 Å². The molecule has 0 radical (unpaired) electrons. The summed E-state index contributed by atoms with van der Waals surface area (Å²) in [6.07, 6.45) is 3.58. The Balaban J connectivity index is 1.92. The first-order chi connectivity index (χ1) is 8.78. The topological polar surface area (TPSA) is 39.1 Å². The summed E-state index contributed by atoms with van der Waals surface area (Å²) in [6, 6.07) is 6.58. The smallest absolute Gasteiger partial charge is 0.127 e. The number of benzene rings is 1. The number of hydrogen-bond donors (Lipinski definition) is 1. The van der Waals surface area contributed by atoms with Gasteiger partial charge in [-0.05, 0) is 30.8 Å². The molecule has 2 aromatic rings. The highest BCUT2D eigenvalue weighted by atomic mass is 19.1. The summed E-state index contributed by atoms with van der Waals surface area (Å²) in [5, 5.41) is 7.05. The van der Waals surface area contributed by atoms with Gasteiger partial charge in [-0.15, -0.1) is 0 Å². The van der Waals surface area contributed by atoms with Crippen LogP contribution in [0.25, 0.3) is 0 Å². The van der Waals surface area contributed by atoms with Gasteiger partial charge in [0.15, 0.2) is 0 Å². The molecule has 96 valence electrons. The van der Waals surface area contributed by atoms with Crippen molar-refractivity contribution in [3.63, 3.8) is 0 Å². The van der Waals surface area contributed by atoms with Crippen molar-refractivity contribution in [2.75, 3.05) is 13.7 Å². The Bertz CT molecular complexity index is 485.